The van der Waals surface area contributed by atoms with Crippen molar-refractivity contribution >= 4 is 17.6 Å². The van der Waals surface area contributed by atoms with Gasteiger partial charge < -0.3 is 16.4 Å². The number of benzene rings is 2. The maximum atomic E-state index is 11.9. The summed E-state index contributed by atoms with van der Waals surface area (Å²) in [6.45, 7) is 4.24. The zero-order valence-electron chi connectivity index (χ0n) is 12.6. The molecule has 22 heavy (non-hydrogen) atoms. The van der Waals surface area contributed by atoms with Crippen molar-refractivity contribution in [2.75, 3.05) is 5.32 Å². The van der Waals surface area contributed by atoms with Gasteiger partial charge in [0, 0.05) is 17.8 Å². The predicted octanol–water partition coefficient (Wildman–Crippen LogP) is 2.72. The second-order valence-corrected chi connectivity index (χ2v) is 5.19. The second-order valence-electron chi connectivity index (χ2n) is 5.19. The molecule has 0 aromatic heterocycles. The summed E-state index contributed by atoms with van der Waals surface area (Å²) in [6, 6.07) is 12.6. The molecule has 2 aromatic carbocycles. The molecule has 0 unspecified atom stereocenters. The molecule has 114 valence electrons. The first-order chi connectivity index (χ1) is 10.5. The van der Waals surface area contributed by atoms with Gasteiger partial charge in [0.05, 0.1) is 0 Å². The maximum Gasteiger partial charge on any atom is 0.319 e. The van der Waals surface area contributed by atoms with Crippen LogP contribution in [-0.4, -0.2) is 11.9 Å². The molecular formula is C17H19N3O2. The van der Waals surface area contributed by atoms with Crippen LogP contribution < -0.4 is 16.4 Å². The number of anilines is 1. The van der Waals surface area contributed by atoms with Gasteiger partial charge in [-0.15, -0.1) is 0 Å². The summed E-state index contributed by atoms with van der Waals surface area (Å²) < 4.78 is 0. The van der Waals surface area contributed by atoms with Crippen LogP contribution in [0.25, 0.3) is 0 Å². The summed E-state index contributed by atoms with van der Waals surface area (Å²) in [7, 11) is 0. The van der Waals surface area contributed by atoms with Crippen molar-refractivity contribution < 1.29 is 9.59 Å². The molecule has 0 fully saturated rings. The van der Waals surface area contributed by atoms with Gasteiger partial charge in [0.15, 0.2) is 0 Å². The number of hydrogen-bond acceptors (Lipinski definition) is 2. The van der Waals surface area contributed by atoms with Crippen molar-refractivity contribution in [3.63, 3.8) is 0 Å². The van der Waals surface area contributed by atoms with Crippen molar-refractivity contribution in [1.82, 2.24) is 5.32 Å². The molecule has 0 heterocycles. The number of amides is 3. The topological polar surface area (TPSA) is 84.2 Å². The van der Waals surface area contributed by atoms with Gasteiger partial charge in [-0.1, -0.05) is 35.9 Å². The summed E-state index contributed by atoms with van der Waals surface area (Å²) in [5.41, 5.74) is 9.19. The molecular weight excluding hydrogens is 278 g/mol. The molecule has 0 bridgehead atoms. The first-order valence-corrected chi connectivity index (χ1v) is 6.96. The molecule has 5 nitrogen and oxygen atoms in total. The van der Waals surface area contributed by atoms with E-state index in [9.17, 15) is 9.59 Å². The number of carbonyl (C=O) groups is 2. The minimum Gasteiger partial charge on any atom is -0.366 e. The van der Waals surface area contributed by atoms with Gasteiger partial charge in [0.2, 0.25) is 5.91 Å². The quantitative estimate of drug-likeness (QED) is 0.810. The lowest BCUT2D eigenvalue weighted by molar-refractivity contribution is 0.0999. The van der Waals surface area contributed by atoms with Crippen LogP contribution >= 0.6 is 0 Å². The van der Waals surface area contributed by atoms with Gasteiger partial charge in [0.25, 0.3) is 0 Å². The zero-order valence-corrected chi connectivity index (χ0v) is 12.6. The Labute approximate surface area is 129 Å². The fourth-order valence-corrected chi connectivity index (χ4v) is 2.03. The minimum absolute atomic E-state index is 0.333. The number of aryl methyl sites for hydroxylation is 2. The van der Waals surface area contributed by atoms with Crippen molar-refractivity contribution in [3.8, 4) is 0 Å². The van der Waals surface area contributed by atoms with Crippen LogP contribution in [0.5, 0.6) is 0 Å². The van der Waals surface area contributed by atoms with Gasteiger partial charge in [-0.3, -0.25) is 4.79 Å². The highest BCUT2D eigenvalue weighted by molar-refractivity contribution is 5.97. The van der Waals surface area contributed by atoms with E-state index in [4.69, 9.17) is 5.73 Å². The monoisotopic (exact) mass is 297 g/mol. The highest BCUT2D eigenvalue weighted by atomic mass is 16.2. The van der Waals surface area contributed by atoms with Crippen LogP contribution in [0.15, 0.2) is 42.5 Å². The molecule has 3 amide bonds. The number of nitrogens with two attached hydrogens (primary N) is 1. The number of nitrogens with one attached hydrogen (secondary N) is 2. The van der Waals surface area contributed by atoms with Crippen LogP contribution in [0.1, 0.15) is 27.0 Å². The van der Waals surface area contributed by atoms with E-state index in [2.05, 4.69) is 10.6 Å². The Bertz CT molecular complexity index is 694. The number of carbonyl (C=O) groups excluding carboxylic acids is 2. The molecule has 0 aliphatic carbocycles. The number of rotatable bonds is 4. The van der Waals surface area contributed by atoms with Gasteiger partial charge in [-0.2, -0.15) is 0 Å². The fourth-order valence-electron chi connectivity index (χ4n) is 2.03. The third kappa shape index (κ3) is 4.09. The van der Waals surface area contributed by atoms with E-state index in [1.165, 1.54) is 5.56 Å². The van der Waals surface area contributed by atoms with Crippen molar-refractivity contribution in [2.24, 2.45) is 5.73 Å². The first-order valence-electron chi connectivity index (χ1n) is 6.96. The molecule has 0 aliphatic rings. The highest BCUT2D eigenvalue weighted by Gasteiger charge is 2.08. The van der Waals surface area contributed by atoms with Crippen LogP contribution in [0.4, 0.5) is 10.5 Å². The summed E-state index contributed by atoms with van der Waals surface area (Å²) >= 11 is 0. The molecule has 0 atom stereocenters. The Morgan fingerprint density at radius 3 is 2.36 bits per heavy atom. The Morgan fingerprint density at radius 1 is 1.05 bits per heavy atom. The summed E-state index contributed by atoms with van der Waals surface area (Å²) in [5.74, 6) is -0.513. The number of urea groups is 1. The number of hydrogen-bond donors (Lipinski definition) is 3. The van der Waals surface area contributed by atoms with Gasteiger partial charge >= 0.3 is 6.03 Å². The molecule has 2 aromatic rings. The van der Waals surface area contributed by atoms with Gasteiger partial charge in [-0.05, 0) is 37.1 Å². The lowest BCUT2D eigenvalue weighted by Crippen LogP contribution is -2.28. The Kier molecular flexibility index (Phi) is 4.78. The molecule has 2 rings (SSSR count). The molecule has 0 saturated heterocycles. The Balaban J connectivity index is 1.96. The van der Waals surface area contributed by atoms with E-state index in [0.717, 1.165) is 11.1 Å². The molecule has 0 spiro atoms. The standard InChI is InChI=1S/C17H19N3O2/c1-11-3-6-13(7-4-11)10-19-17(22)20-14-8-5-12(2)15(9-14)16(18)21/h3-9H,10H2,1-2H3,(H2,18,21)(H2,19,20,22). The van der Waals surface area contributed by atoms with Crippen LogP contribution in [0.2, 0.25) is 0 Å². The molecule has 0 saturated carbocycles. The highest BCUT2D eigenvalue weighted by Crippen LogP contribution is 2.14. The van der Waals surface area contributed by atoms with Crippen molar-refractivity contribution in [3.05, 3.63) is 64.7 Å². The summed E-state index contributed by atoms with van der Waals surface area (Å²) in [5, 5.41) is 5.45. The lowest BCUT2D eigenvalue weighted by Gasteiger charge is -2.10. The predicted molar refractivity (Wildman–Crippen MR) is 86.7 cm³/mol. The van der Waals surface area contributed by atoms with E-state index >= 15 is 0 Å². The largest absolute Gasteiger partial charge is 0.366 e. The molecule has 4 N–H and O–H groups in total. The van der Waals surface area contributed by atoms with Crippen LogP contribution in [-0.2, 0) is 6.54 Å². The average molecular weight is 297 g/mol. The SMILES string of the molecule is Cc1ccc(CNC(=O)Nc2ccc(C)c(C(N)=O)c2)cc1. The molecule has 5 heteroatoms. The maximum absolute atomic E-state index is 11.9. The molecule has 0 radical (unpaired) electrons. The Morgan fingerprint density at radius 2 is 1.73 bits per heavy atom. The fraction of sp³-hybridized carbons (Fsp3) is 0.176. The number of primary amides is 1. The minimum atomic E-state index is -0.513. The average Bonchev–Trinajstić information content (AvgIpc) is 2.48. The third-order valence-electron chi connectivity index (χ3n) is 3.33. The second kappa shape index (κ2) is 6.76. The van der Waals surface area contributed by atoms with E-state index in [1.54, 1.807) is 25.1 Å². The van der Waals surface area contributed by atoms with Crippen LogP contribution in [0.3, 0.4) is 0 Å². The van der Waals surface area contributed by atoms with E-state index < -0.39 is 5.91 Å². The van der Waals surface area contributed by atoms with Crippen molar-refractivity contribution in [2.45, 2.75) is 20.4 Å². The van der Waals surface area contributed by atoms with E-state index in [1.807, 2.05) is 31.2 Å². The summed E-state index contributed by atoms with van der Waals surface area (Å²) in [4.78, 5) is 23.2. The molecule has 0 aliphatic heterocycles. The zero-order chi connectivity index (χ0) is 16.1. The lowest BCUT2D eigenvalue weighted by atomic mass is 10.1. The van der Waals surface area contributed by atoms with Gasteiger partial charge in [-0.25, -0.2) is 4.79 Å². The third-order valence-corrected chi connectivity index (χ3v) is 3.33. The Hall–Kier alpha value is -2.82. The van der Waals surface area contributed by atoms with E-state index in [0.29, 0.717) is 17.8 Å². The smallest absolute Gasteiger partial charge is 0.319 e. The summed E-state index contributed by atoms with van der Waals surface area (Å²) in [6.07, 6.45) is 0. The normalized spacial score (nSPS) is 10.1. The van der Waals surface area contributed by atoms with Crippen LogP contribution in [0, 0.1) is 13.8 Å². The van der Waals surface area contributed by atoms with Crippen molar-refractivity contribution in [1.29, 1.82) is 0 Å². The first kappa shape index (κ1) is 15.6. The van der Waals surface area contributed by atoms with E-state index in [-0.39, 0.29) is 6.03 Å². The van der Waals surface area contributed by atoms with Gasteiger partial charge in [0.1, 0.15) is 0 Å².